The van der Waals surface area contributed by atoms with Crippen molar-refractivity contribution in [2.24, 2.45) is 0 Å². The van der Waals surface area contributed by atoms with E-state index in [-0.39, 0.29) is 12.3 Å². The van der Waals surface area contributed by atoms with Crippen molar-refractivity contribution in [2.45, 2.75) is 19.8 Å². The van der Waals surface area contributed by atoms with E-state index in [0.29, 0.717) is 11.5 Å². The maximum atomic E-state index is 12.1. The lowest BCUT2D eigenvalue weighted by Gasteiger charge is -2.09. The monoisotopic (exact) mass is 377 g/mol. The SMILES string of the molecule is Cc1ccc(-c2nnn(CC(=O)Nc3ccc(OC(F)(F)F)cc3)n2)cc1. The molecule has 0 aliphatic rings. The number of hydrogen-bond acceptors (Lipinski definition) is 5. The Morgan fingerprint density at radius 2 is 1.78 bits per heavy atom. The molecule has 0 unspecified atom stereocenters. The van der Waals surface area contributed by atoms with Crippen molar-refractivity contribution < 1.29 is 22.7 Å². The second-order valence-corrected chi connectivity index (χ2v) is 5.63. The number of carbonyl (C=O) groups excluding carboxylic acids is 1. The number of aryl methyl sites for hydroxylation is 1. The van der Waals surface area contributed by atoms with Crippen LogP contribution in [0.5, 0.6) is 5.75 Å². The van der Waals surface area contributed by atoms with Crippen LogP contribution in [0.25, 0.3) is 11.4 Å². The van der Waals surface area contributed by atoms with Gasteiger partial charge in [-0.15, -0.1) is 23.4 Å². The molecule has 10 heteroatoms. The Morgan fingerprint density at radius 1 is 1.11 bits per heavy atom. The summed E-state index contributed by atoms with van der Waals surface area (Å²) in [6.07, 6.45) is -4.77. The molecule has 27 heavy (non-hydrogen) atoms. The van der Waals surface area contributed by atoms with E-state index in [1.807, 2.05) is 31.2 Å². The number of carbonyl (C=O) groups is 1. The number of halogens is 3. The molecular formula is C17H14F3N5O2. The van der Waals surface area contributed by atoms with Gasteiger partial charge in [0.15, 0.2) is 0 Å². The molecule has 0 bridgehead atoms. The average Bonchev–Trinajstić information content (AvgIpc) is 3.04. The van der Waals surface area contributed by atoms with E-state index in [0.717, 1.165) is 28.1 Å². The van der Waals surface area contributed by atoms with Crippen molar-refractivity contribution in [1.29, 1.82) is 0 Å². The van der Waals surface area contributed by atoms with Gasteiger partial charge < -0.3 is 10.1 Å². The van der Waals surface area contributed by atoms with Crippen LogP contribution in [0.1, 0.15) is 5.56 Å². The quantitative estimate of drug-likeness (QED) is 0.739. The third-order valence-corrected chi connectivity index (χ3v) is 3.42. The second kappa shape index (κ2) is 7.44. The Morgan fingerprint density at radius 3 is 2.41 bits per heavy atom. The minimum atomic E-state index is -4.77. The van der Waals surface area contributed by atoms with Crippen LogP contribution in [0.2, 0.25) is 0 Å². The van der Waals surface area contributed by atoms with Gasteiger partial charge in [0.05, 0.1) is 0 Å². The number of nitrogens with zero attached hydrogens (tertiary/aromatic N) is 4. The van der Waals surface area contributed by atoms with Gasteiger partial charge in [-0.25, -0.2) is 0 Å². The van der Waals surface area contributed by atoms with Crippen LogP contribution in [0.15, 0.2) is 48.5 Å². The van der Waals surface area contributed by atoms with E-state index < -0.39 is 12.3 Å². The minimum absolute atomic E-state index is 0.195. The number of amides is 1. The lowest BCUT2D eigenvalue weighted by Crippen LogP contribution is -2.20. The molecular weight excluding hydrogens is 363 g/mol. The van der Waals surface area contributed by atoms with E-state index in [4.69, 9.17) is 0 Å². The summed E-state index contributed by atoms with van der Waals surface area (Å²) in [5.41, 5.74) is 2.18. The normalized spacial score (nSPS) is 11.3. The largest absolute Gasteiger partial charge is 0.573 e. The number of tetrazole rings is 1. The molecule has 0 aliphatic heterocycles. The summed E-state index contributed by atoms with van der Waals surface area (Å²) in [4.78, 5) is 13.2. The number of hydrogen-bond donors (Lipinski definition) is 1. The molecule has 1 heterocycles. The summed E-state index contributed by atoms with van der Waals surface area (Å²) in [6, 6.07) is 12.3. The molecule has 140 valence electrons. The first-order chi connectivity index (χ1) is 12.8. The molecule has 0 fully saturated rings. The molecule has 3 aromatic rings. The van der Waals surface area contributed by atoms with Crippen molar-refractivity contribution >= 4 is 11.6 Å². The summed E-state index contributed by atoms with van der Waals surface area (Å²) in [7, 11) is 0. The number of benzene rings is 2. The molecule has 2 aromatic carbocycles. The maximum absolute atomic E-state index is 12.1. The fourth-order valence-corrected chi connectivity index (χ4v) is 2.20. The lowest BCUT2D eigenvalue weighted by molar-refractivity contribution is -0.274. The number of anilines is 1. The predicted octanol–water partition coefficient (Wildman–Crippen LogP) is 3.19. The summed E-state index contributed by atoms with van der Waals surface area (Å²) in [6.45, 7) is 1.76. The Bertz CT molecular complexity index is 921. The minimum Gasteiger partial charge on any atom is -0.406 e. The molecule has 1 amide bonds. The van der Waals surface area contributed by atoms with E-state index in [1.165, 1.54) is 12.1 Å². The number of aromatic nitrogens is 4. The van der Waals surface area contributed by atoms with Crippen LogP contribution in [-0.2, 0) is 11.3 Å². The predicted molar refractivity (Wildman–Crippen MR) is 89.7 cm³/mol. The zero-order valence-electron chi connectivity index (χ0n) is 14.1. The fraction of sp³-hybridized carbons (Fsp3) is 0.176. The highest BCUT2D eigenvalue weighted by atomic mass is 19.4. The number of alkyl halides is 3. The summed E-state index contributed by atoms with van der Waals surface area (Å²) >= 11 is 0. The summed E-state index contributed by atoms with van der Waals surface area (Å²) in [5, 5.41) is 14.4. The van der Waals surface area contributed by atoms with Gasteiger partial charge in [0.2, 0.25) is 11.7 Å². The zero-order valence-corrected chi connectivity index (χ0v) is 14.1. The van der Waals surface area contributed by atoms with Gasteiger partial charge in [0.25, 0.3) is 0 Å². The van der Waals surface area contributed by atoms with Crippen molar-refractivity contribution in [3.8, 4) is 17.1 Å². The molecule has 7 nitrogen and oxygen atoms in total. The first-order valence-corrected chi connectivity index (χ1v) is 7.79. The molecule has 0 atom stereocenters. The third-order valence-electron chi connectivity index (χ3n) is 3.42. The molecule has 0 spiro atoms. The Balaban J connectivity index is 1.59. The van der Waals surface area contributed by atoms with E-state index >= 15 is 0 Å². The number of ether oxygens (including phenoxy) is 1. The van der Waals surface area contributed by atoms with Crippen LogP contribution in [0.4, 0.5) is 18.9 Å². The van der Waals surface area contributed by atoms with Crippen LogP contribution < -0.4 is 10.1 Å². The smallest absolute Gasteiger partial charge is 0.406 e. The van der Waals surface area contributed by atoms with Crippen molar-refractivity contribution in [2.75, 3.05) is 5.32 Å². The van der Waals surface area contributed by atoms with Crippen LogP contribution in [0.3, 0.4) is 0 Å². The third kappa shape index (κ3) is 5.27. The van der Waals surface area contributed by atoms with Gasteiger partial charge in [-0.2, -0.15) is 4.80 Å². The van der Waals surface area contributed by atoms with Crippen molar-refractivity contribution in [3.05, 3.63) is 54.1 Å². The Kier molecular flexibility index (Phi) is 5.06. The van der Waals surface area contributed by atoms with Gasteiger partial charge in [-0.3, -0.25) is 4.79 Å². The van der Waals surface area contributed by atoms with Gasteiger partial charge >= 0.3 is 6.36 Å². The molecule has 1 aromatic heterocycles. The lowest BCUT2D eigenvalue weighted by atomic mass is 10.1. The van der Waals surface area contributed by atoms with Gasteiger partial charge in [0.1, 0.15) is 12.3 Å². The Labute approximate surface area is 151 Å². The van der Waals surface area contributed by atoms with Crippen LogP contribution >= 0.6 is 0 Å². The standard InChI is InChI=1S/C17H14F3N5O2/c1-11-2-4-12(5-3-11)16-22-24-25(23-16)10-15(26)21-13-6-8-14(9-7-13)27-17(18,19)20/h2-9H,10H2,1H3,(H,21,26). The highest BCUT2D eigenvalue weighted by Gasteiger charge is 2.30. The zero-order chi connectivity index (χ0) is 19.4. The topological polar surface area (TPSA) is 81.9 Å². The average molecular weight is 377 g/mol. The molecule has 3 rings (SSSR count). The fourth-order valence-electron chi connectivity index (χ4n) is 2.20. The van der Waals surface area contributed by atoms with E-state index in [2.05, 4.69) is 25.5 Å². The Hall–Kier alpha value is -3.43. The van der Waals surface area contributed by atoms with E-state index in [9.17, 15) is 18.0 Å². The molecule has 0 saturated carbocycles. The van der Waals surface area contributed by atoms with Gasteiger partial charge in [0, 0.05) is 11.3 Å². The van der Waals surface area contributed by atoms with Crippen LogP contribution in [0, 0.1) is 6.92 Å². The highest BCUT2D eigenvalue weighted by molar-refractivity contribution is 5.90. The maximum Gasteiger partial charge on any atom is 0.573 e. The van der Waals surface area contributed by atoms with Crippen LogP contribution in [-0.4, -0.2) is 32.5 Å². The first kappa shape index (κ1) is 18.4. The molecule has 0 aliphatic carbocycles. The van der Waals surface area contributed by atoms with Gasteiger partial charge in [-0.05, 0) is 36.4 Å². The highest BCUT2D eigenvalue weighted by Crippen LogP contribution is 2.24. The molecule has 0 radical (unpaired) electrons. The summed E-state index contributed by atoms with van der Waals surface area (Å²) < 4.78 is 40.1. The summed E-state index contributed by atoms with van der Waals surface area (Å²) in [5.74, 6) is -0.440. The molecule has 0 saturated heterocycles. The molecule has 1 N–H and O–H groups in total. The first-order valence-electron chi connectivity index (χ1n) is 7.79. The van der Waals surface area contributed by atoms with Crippen molar-refractivity contribution in [1.82, 2.24) is 20.2 Å². The second-order valence-electron chi connectivity index (χ2n) is 5.63. The van der Waals surface area contributed by atoms with Crippen molar-refractivity contribution in [3.63, 3.8) is 0 Å². The van der Waals surface area contributed by atoms with E-state index in [1.54, 1.807) is 0 Å². The number of rotatable bonds is 5. The van der Waals surface area contributed by atoms with Gasteiger partial charge in [-0.1, -0.05) is 29.8 Å². The number of nitrogens with one attached hydrogen (secondary N) is 1.